The van der Waals surface area contributed by atoms with Gasteiger partial charge in [0.05, 0.1) is 18.8 Å². The van der Waals surface area contributed by atoms with E-state index in [9.17, 15) is 24.0 Å². The Bertz CT molecular complexity index is 2770. The number of hydrogen-bond acceptors (Lipinski definition) is 7. The average Bonchev–Trinajstić information content (AvgIpc) is 3.94. The van der Waals surface area contributed by atoms with Crippen molar-refractivity contribution >= 4 is 35.2 Å². The second kappa shape index (κ2) is 23.1. The molecular formula is C59H60N4O7. The highest BCUT2D eigenvalue weighted by molar-refractivity contribution is 5.99. The highest BCUT2D eigenvalue weighted by Crippen LogP contribution is 2.44. The van der Waals surface area contributed by atoms with Crippen LogP contribution < -0.4 is 21.3 Å². The third-order valence-corrected chi connectivity index (χ3v) is 13.2. The van der Waals surface area contributed by atoms with Gasteiger partial charge in [-0.05, 0) is 81.3 Å². The van der Waals surface area contributed by atoms with Gasteiger partial charge in [-0.1, -0.05) is 184 Å². The molecule has 358 valence electrons. The van der Waals surface area contributed by atoms with Crippen LogP contribution in [0.3, 0.4) is 0 Å². The Kier molecular flexibility index (Phi) is 16.1. The van der Waals surface area contributed by atoms with Gasteiger partial charge in [0.2, 0.25) is 17.7 Å². The molecule has 11 heteroatoms. The van der Waals surface area contributed by atoms with Crippen molar-refractivity contribution in [3.05, 3.63) is 209 Å². The van der Waals surface area contributed by atoms with Gasteiger partial charge in [0.15, 0.2) is 5.78 Å². The molecule has 0 heterocycles. The molecule has 0 saturated carbocycles. The number of amides is 4. The van der Waals surface area contributed by atoms with E-state index in [0.717, 1.165) is 62.1 Å². The zero-order valence-electron chi connectivity index (χ0n) is 39.8. The van der Waals surface area contributed by atoms with Crippen LogP contribution >= 0.6 is 0 Å². The van der Waals surface area contributed by atoms with E-state index in [0.29, 0.717) is 0 Å². The number of carbonyl (C=O) groups is 5. The molecule has 0 aliphatic heterocycles. The summed E-state index contributed by atoms with van der Waals surface area (Å²) in [5.74, 6) is -2.70. The molecule has 70 heavy (non-hydrogen) atoms. The van der Waals surface area contributed by atoms with Gasteiger partial charge in [0.25, 0.3) is 0 Å². The first-order valence-electron chi connectivity index (χ1n) is 24.1. The lowest BCUT2D eigenvalue weighted by atomic mass is 9.94. The van der Waals surface area contributed by atoms with E-state index in [2.05, 4.69) is 39.5 Å². The number of carbonyl (C=O) groups excluding carboxylic acids is 5. The molecule has 0 fully saturated rings. The molecule has 6 aromatic rings. The zero-order chi connectivity index (χ0) is 49.0. The Hall–Kier alpha value is -7.63. The third-order valence-electron chi connectivity index (χ3n) is 13.2. The van der Waals surface area contributed by atoms with Gasteiger partial charge in [-0.25, -0.2) is 4.79 Å². The highest BCUT2D eigenvalue weighted by Gasteiger charge is 2.37. The van der Waals surface area contributed by atoms with Crippen molar-refractivity contribution in [1.82, 2.24) is 21.3 Å². The minimum atomic E-state index is -1.29. The summed E-state index contributed by atoms with van der Waals surface area (Å²) in [5, 5.41) is 11.6. The number of fused-ring (bicyclic) bond motifs is 4. The fraction of sp³-hybridized carbons (Fsp3) is 0.271. The van der Waals surface area contributed by atoms with E-state index in [1.807, 2.05) is 152 Å². The van der Waals surface area contributed by atoms with Gasteiger partial charge in [-0.2, -0.15) is 0 Å². The van der Waals surface area contributed by atoms with Gasteiger partial charge >= 0.3 is 6.09 Å². The van der Waals surface area contributed by atoms with Gasteiger partial charge in [-0.15, -0.1) is 0 Å². The molecule has 6 aromatic carbocycles. The fourth-order valence-electron chi connectivity index (χ4n) is 9.36. The maximum atomic E-state index is 14.7. The number of alkyl carbamates (subject to hydrolysis) is 1. The molecule has 0 bridgehead atoms. The van der Waals surface area contributed by atoms with E-state index < -0.39 is 60.0 Å². The summed E-state index contributed by atoms with van der Waals surface area (Å²) in [5.41, 5.74) is 9.87. The van der Waals surface area contributed by atoms with Crippen LogP contribution in [0.15, 0.2) is 170 Å². The second-order valence-electron chi connectivity index (χ2n) is 18.4. The number of nitrogens with one attached hydrogen (secondary N) is 4. The molecule has 0 spiro atoms. The average molecular weight is 937 g/mol. The summed E-state index contributed by atoms with van der Waals surface area (Å²) in [4.78, 5) is 71.7. The number of ether oxygens (including phenoxy) is 2. The summed E-state index contributed by atoms with van der Waals surface area (Å²) in [6, 6.07) is 47.8. The van der Waals surface area contributed by atoms with E-state index in [1.54, 1.807) is 20.8 Å². The van der Waals surface area contributed by atoms with Crippen LogP contribution in [-0.4, -0.2) is 66.5 Å². The van der Waals surface area contributed by atoms with Crippen LogP contribution in [0, 0.1) is 5.92 Å². The largest absolute Gasteiger partial charge is 0.449 e. The quantitative estimate of drug-likeness (QED) is 0.0564. The number of ketones is 1. The van der Waals surface area contributed by atoms with E-state index in [-0.39, 0.29) is 44.2 Å². The second-order valence-corrected chi connectivity index (χ2v) is 18.4. The third kappa shape index (κ3) is 12.1. The lowest BCUT2D eigenvalue weighted by Gasteiger charge is -2.30. The monoisotopic (exact) mass is 936 g/mol. The summed E-state index contributed by atoms with van der Waals surface area (Å²) in [7, 11) is 0. The van der Waals surface area contributed by atoms with Crippen LogP contribution in [0.25, 0.3) is 16.7 Å². The first-order chi connectivity index (χ1) is 34.0. The Morgan fingerprint density at radius 1 is 0.529 bits per heavy atom. The first kappa shape index (κ1) is 48.8. The lowest BCUT2D eigenvalue weighted by Crippen LogP contribution is -2.61. The number of rotatable bonds is 21. The van der Waals surface area contributed by atoms with Crippen LogP contribution in [0.5, 0.6) is 0 Å². The van der Waals surface area contributed by atoms with Crippen LogP contribution in [0.1, 0.15) is 72.1 Å². The summed E-state index contributed by atoms with van der Waals surface area (Å²) in [6.07, 6.45) is 1.57. The SMILES string of the molecule is CC(C)C(NC(=O)[C@H](Cc1ccccc1)NC(=O)OCC1c2ccccc2-c2ccccc21)C(=O)N[C@H](C(=O)NC(Cc1ccccc1)C(=O)CC1=CCc2ccccc21)C(C)OCc1ccccc1. The van der Waals surface area contributed by atoms with Crippen molar-refractivity contribution in [3.63, 3.8) is 0 Å². The van der Waals surface area contributed by atoms with Gasteiger partial charge < -0.3 is 30.7 Å². The molecule has 2 aliphatic rings. The number of benzene rings is 6. The molecule has 3 unspecified atom stereocenters. The zero-order valence-corrected chi connectivity index (χ0v) is 39.8. The standard InChI is InChI=1S/C59H60N4O7/c1-38(2)54(62-56(65)52(34-41-21-9-5-10-22-41)61-59(68)70-37-50-48-29-17-15-27-46(48)47-28-16-18-30-49(47)50)57(66)63-55(39(3)69-36-42-23-11-6-12-24-42)58(67)60-51(33-40-19-7-4-8-20-40)53(64)35-44-32-31-43-25-13-14-26-45(43)44/h4-30,32,38-39,50-52,54-55H,31,33-37H2,1-3H3,(H,60,67)(H,61,68)(H,62,65)(H,63,66)/t39?,51?,52-,54?,55-/m0/s1. The van der Waals surface area contributed by atoms with Crippen molar-refractivity contribution < 1.29 is 33.4 Å². The molecular weight excluding hydrogens is 877 g/mol. The smallest absolute Gasteiger partial charge is 0.407 e. The van der Waals surface area contributed by atoms with Crippen molar-refractivity contribution in [2.45, 2.75) is 89.3 Å². The molecule has 11 nitrogen and oxygen atoms in total. The molecule has 4 amide bonds. The van der Waals surface area contributed by atoms with E-state index in [1.165, 1.54) is 0 Å². The maximum Gasteiger partial charge on any atom is 0.407 e. The number of allylic oxidation sites excluding steroid dienone is 2. The van der Waals surface area contributed by atoms with Crippen molar-refractivity contribution in [2.75, 3.05) is 6.61 Å². The first-order valence-corrected chi connectivity index (χ1v) is 24.1. The van der Waals surface area contributed by atoms with Gasteiger partial charge in [0, 0.05) is 18.8 Å². The topological polar surface area (TPSA) is 152 Å². The van der Waals surface area contributed by atoms with Crippen LogP contribution in [0.2, 0.25) is 0 Å². The molecule has 8 rings (SSSR count). The Morgan fingerprint density at radius 3 is 1.63 bits per heavy atom. The maximum absolute atomic E-state index is 14.7. The Morgan fingerprint density at radius 2 is 1.03 bits per heavy atom. The predicted molar refractivity (Wildman–Crippen MR) is 271 cm³/mol. The van der Waals surface area contributed by atoms with Crippen LogP contribution in [0.4, 0.5) is 4.79 Å². The van der Waals surface area contributed by atoms with E-state index >= 15 is 0 Å². The molecule has 0 saturated heterocycles. The summed E-state index contributed by atoms with van der Waals surface area (Å²) < 4.78 is 12.1. The van der Waals surface area contributed by atoms with Gasteiger partial charge in [0.1, 0.15) is 24.7 Å². The molecule has 2 aliphatic carbocycles. The minimum absolute atomic E-state index is 0.0498. The number of hydrogen-bond donors (Lipinski definition) is 4. The molecule has 4 N–H and O–H groups in total. The number of Topliss-reactive ketones (excluding diaryl/α,β-unsaturated/α-hetero) is 1. The van der Waals surface area contributed by atoms with Crippen LogP contribution in [-0.2, 0) is 54.5 Å². The fourth-order valence-corrected chi connectivity index (χ4v) is 9.36. The van der Waals surface area contributed by atoms with E-state index in [4.69, 9.17) is 9.47 Å². The van der Waals surface area contributed by atoms with Crippen molar-refractivity contribution in [2.24, 2.45) is 5.92 Å². The normalized spacial score (nSPS) is 14.7. The predicted octanol–water partition coefficient (Wildman–Crippen LogP) is 8.69. The lowest BCUT2D eigenvalue weighted by molar-refractivity contribution is -0.137. The highest BCUT2D eigenvalue weighted by atomic mass is 16.5. The minimum Gasteiger partial charge on any atom is -0.449 e. The van der Waals surface area contributed by atoms with Crippen molar-refractivity contribution in [3.8, 4) is 11.1 Å². The van der Waals surface area contributed by atoms with Gasteiger partial charge in [-0.3, -0.25) is 19.2 Å². The summed E-state index contributed by atoms with van der Waals surface area (Å²) in [6.45, 7) is 5.46. The van der Waals surface area contributed by atoms with Crippen molar-refractivity contribution in [1.29, 1.82) is 0 Å². The molecule has 5 atom stereocenters. The Balaban J connectivity index is 0.993. The molecule has 0 aromatic heterocycles. The summed E-state index contributed by atoms with van der Waals surface area (Å²) >= 11 is 0. The molecule has 0 radical (unpaired) electrons. The Labute approximate surface area is 410 Å².